The van der Waals surface area contributed by atoms with Crippen molar-refractivity contribution in [3.63, 3.8) is 0 Å². The van der Waals surface area contributed by atoms with E-state index < -0.39 is 0 Å². The van der Waals surface area contributed by atoms with E-state index in [4.69, 9.17) is 17.3 Å². The van der Waals surface area contributed by atoms with Crippen molar-refractivity contribution in [1.29, 1.82) is 0 Å². The van der Waals surface area contributed by atoms with Gasteiger partial charge in [0.25, 0.3) is 0 Å². The summed E-state index contributed by atoms with van der Waals surface area (Å²) in [5.74, 6) is 0. The molecule has 0 radical (unpaired) electrons. The van der Waals surface area contributed by atoms with Crippen molar-refractivity contribution in [1.82, 2.24) is 9.88 Å². The van der Waals surface area contributed by atoms with E-state index in [2.05, 4.69) is 21.3 Å². The van der Waals surface area contributed by atoms with E-state index in [-0.39, 0.29) is 6.04 Å². The molecule has 20 heavy (non-hydrogen) atoms. The van der Waals surface area contributed by atoms with Crippen LogP contribution in [0.4, 0.5) is 0 Å². The summed E-state index contributed by atoms with van der Waals surface area (Å²) in [7, 11) is 0. The number of thiazole rings is 1. The molecule has 2 N–H and O–H groups in total. The van der Waals surface area contributed by atoms with E-state index in [1.807, 2.05) is 19.1 Å². The number of fused-ring (bicyclic) bond motifs is 1. The number of nitrogens with two attached hydrogens (primary N) is 1. The van der Waals surface area contributed by atoms with E-state index >= 15 is 0 Å². The van der Waals surface area contributed by atoms with Gasteiger partial charge < -0.3 is 5.73 Å². The molecular weight excluding hydrogens is 290 g/mol. The van der Waals surface area contributed by atoms with Gasteiger partial charge in [-0.15, -0.1) is 11.3 Å². The van der Waals surface area contributed by atoms with Crippen LogP contribution in [0.3, 0.4) is 0 Å². The fourth-order valence-electron chi connectivity index (χ4n) is 2.83. The third-order valence-electron chi connectivity index (χ3n) is 3.82. The molecule has 2 heterocycles. The molecule has 2 aromatic rings. The molecule has 106 valence electrons. The Morgan fingerprint density at radius 2 is 2.35 bits per heavy atom. The Morgan fingerprint density at radius 1 is 1.50 bits per heavy atom. The second kappa shape index (κ2) is 5.82. The number of hydrogen-bond acceptors (Lipinski definition) is 4. The average Bonchev–Trinajstić information content (AvgIpc) is 3.00. The van der Waals surface area contributed by atoms with Crippen LogP contribution >= 0.6 is 22.9 Å². The van der Waals surface area contributed by atoms with Crippen LogP contribution in [-0.2, 0) is 13.0 Å². The van der Waals surface area contributed by atoms with Crippen molar-refractivity contribution in [3.8, 4) is 0 Å². The molecule has 0 amide bonds. The third-order valence-corrected chi connectivity index (χ3v) is 5.20. The Kier molecular flexibility index (Phi) is 4.08. The van der Waals surface area contributed by atoms with Crippen molar-refractivity contribution in [2.75, 3.05) is 13.1 Å². The smallest absolute Gasteiger partial charge is 0.0940 e. The molecule has 0 bridgehead atoms. The minimum Gasteiger partial charge on any atom is -0.329 e. The fourth-order valence-corrected chi connectivity index (χ4v) is 3.84. The number of nitrogens with zero attached hydrogens (tertiary/aromatic N) is 2. The number of aromatic nitrogens is 1. The molecular formula is C15H18ClN3S. The molecule has 3 nitrogen and oxygen atoms in total. The van der Waals surface area contributed by atoms with Crippen molar-refractivity contribution in [2.24, 2.45) is 5.73 Å². The predicted molar refractivity (Wildman–Crippen MR) is 84.2 cm³/mol. The van der Waals surface area contributed by atoms with Gasteiger partial charge in [0, 0.05) is 48.2 Å². The van der Waals surface area contributed by atoms with Gasteiger partial charge in [-0.3, -0.25) is 4.90 Å². The van der Waals surface area contributed by atoms with Crippen LogP contribution in [0.1, 0.15) is 27.9 Å². The number of benzene rings is 1. The predicted octanol–water partition coefficient (Wildman–Crippen LogP) is 3.16. The summed E-state index contributed by atoms with van der Waals surface area (Å²) in [6.07, 6.45) is 0.973. The van der Waals surface area contributed by atoms with Crippen LogP contribution < -0.4 is 5.73 Å². The highest BCUT2D eigenvalue weighted by Gasteiger charge is 2.30. The Balaban J connectivity index is 1.74. The van der Waals surface area contributed by atoms with Crippen molar-refractivity contribution < 1.29 is 0 Å². The largest absolute Gasteiger partial charge is 0.329 e. The highest BCUT2D eigenvalue weighted by atomic mass is 35.5. The molecule has 1 aromatic carbocycles. The maximum absolute atomic E-state index is 6.30. The molecule has 0 aliphatic carbocycles. The van der Waals surface area contributed by atoms with Crippen LogP contribution in [0.5, 0.6) is 0 Å². The molecule has 0 saturated heterocycles. The van der Waals surface area contributed by atoms with Gasteiger partial charge in [-0.1, -0.05) is 23.7 Å². The first kappa shape index (κ1) is 14.0. The van der Waals surface area contributed by atoms with Crippen LogP contribution in [0.2, 0.25) is 5.02 Å². The molecule has 0 spiro atoms. The quantitative estimate of drug-likeness (QED) is 0.943. The zero-order chi connectivity index (χ0) is 14.1. The SMILES string of the molecule is Cc1csc(CCN2Cc3c(Cl)cccc3C2CN)n1. The molecule has 1 atom stereocenters. The maximum Gasteiger partial charge on any atom is 0.0940 e. The van der Waals surface area contributed by atoms with E-state index in [9.17, 15) is 0 Å². The van der Waals surface area contributed by atoms with Gasteiger partial charge in [0.05, 0.1) is 5.01 Å². The van der Waals surface area contributed by atoms with Gasteiger partial charge in [0.2, 0.25) is 0 Å². The summed E-state index contributed by atoms with van der Waals surface area (Å²) in [4.78, 5) is 6.93. The average molecular weight is 308 g/mol. The third kappa shape index (κ3) is 2.61. The van der Waals surface area contributed by atoms with E-state index in [1.54, 1.807) is 11.3 Å². The normalized spacial score (nSPS) is 18.4. The molecule has 1 aliphatic heterocycles. The lowest BCUT2D eigenvalue weighted by molar-refractivity contribution is 0.223. The minimum absolute atomic E-state index is 0.282. The molecule has 1 aliphatic rings. The summed E-state index contributed by atoms with van der Waals surface area (Å²) in [6.45, 7) is 4.53. The molecule has 0 fully saturated rings. The molecule has 1 aromatic heterocycles. The van der Waals surface area contributed by atoms with Gasteiger partial charge in [0.1, 0.15) is 0 Å². The van der Waals surface area contributed by atoms with Crippen LogP contribution in [0.15, 0.2) is 23.6 Å². The first-order valence-corrected chi connectivity index (χ1v) is 8.07. The Bertz CT molecular complexity index is 611. The van der Waals surface area contributed by atoms with Crippen LogP contribution in [0.25, 0.3) is 0 Å². The summed E-state index contributed by atoms with van der Waals surface area (Å²) in [5.41, 5.74) is 9.59. The number of rotatable bonds is 4. The Morgan fingerprint density at radius 3 is 3.05 bits per heavy atom. The molecule has 0 saturated carbocycles. The molecule has 3 rings (SSSR count). The lowest BCUT2D eigenvalue weighted by Gasteiger charge is -2.23. The highest BCUT2D eigenvalue weighted by Crippen LogP contribution is 2.36. The van der Waals surface area contributed by atoms with E-state index in [0.29, 0.717) is 6.54 Å². The van der Waals surface area contributed by atoms with E-state index in [0.717, 1.165) is 30.2 Å². The second-order valence-corrected chi connectivity index (χ2v) is 6.51. The maximum atomic E-state index is 6.30. The number of aryl methyl sites for hydroxylation is 1. The second-order valence-electron chi connectivity index (χ2n) is 5.16. The van der Waals surface area contributed by atoms with Gasteiger partial charge >= 0.3 is 0 Å². The Labute approximate surface area is 128 Å². The first-order valence-electron chi connectivity index (χ1n) is 6.81. The van der Waals surface area contributed by atoms with Crippen molar-refractivity contribution in [3.05, 3.63) is 50.4 Å². The zero-order valence-corrected chi connectivity index (χ0v) is 13.0. The summed E-state index contributed by atoms with van der Waals surface area (Å²) >= 11 is 8.03. The Hall–Kier alpha value is -0.940. The highest BCUT2D eigenvalue weighted by molar-refractivity contribution is 7.09. The minimum atomic E-state index is 0.282. The number of halogens is 1. The van der Waals surface area contributed by atoms with Gasteiger partial charge in [-0.2, -0.15) is 0 Å². The van der Waals surface area contributed by atoms with Crippen molar-refractivity contribution in [2.45, 2.75) is 25.9 Å². The molecule has 5 heteroatoms. The standard InChI is InChI=1S/C15H18ClN3S/c1-10-9-20-15(18-10)5-6-19-8-12-11(14(19)7-17)3-2-4-13(12)16/h2-4,9,14H,5-8,17H2,1H3. The van der Waals surface area contributed by atoms with Crippen LogP contribution in [0, 0.1) is 6.92 Å². The lowest BCUT2D eigenvalue weighted by atomic mass is 10.1. The van der Waals surface area contributed by atoms with Crippen LogP contribution in [-0.4, -0.2) is 23.0 Å². The zero-order valence-electron chi connectivity index (χ0n) is 11.5. The lowest BCUT2D eigenvalue weighted by Crippen LogP contribution is -2.29. The summed E-state index contributed by atoms with van der Waals surface area (Å²) in [6, 6.07) is 6.40. The topological polar surface area (TPSA) is 42.1 Å². The van der Waals surface area contributed by atoms with Gasteiger partial charge in [0.15, 0.2) is 0 Å². The van der Waals surface area contributed by atoms with Gasteiger partial charge in [-0.25, -0.2) is 4.98 Å². The summed E-state index contributed by atoms with van der Waals surface area (Å²) in [5, 5.41) is 4.15. The monoisotopic (exact) mass is 307 g/mol. The van der Waals surface area contributed by atoms with Gasteiger partial charge in [-0.05, 0) is 24.1 Å². The summed E-state index contributed by atoms with van der Waals surface area (Å²) < 4.78 is 0. The fraction of sp³-hybridized carbons (Fsp3) is 0.400. The van der Waals surface area contributed by atoms with Crippen molar-refractivity contribution >= 4 is 22.9 Å². The van der Waals surface area contributed by atoms with E-state index in [1.165, 1.54) is 16.1 Å². The first-order chi connectivity index (χ1) is 9.69. The number of hydrogen-bond donors (Lipinski definition) is 1. The molecule has 1 unspecified atom stereocenters.